The molecule has 12 heteroatoms. The summed E-state index contributed by atoms with van der Waals surface area (Å²) in [5, 5.41) is 10.8. The second-order valence-electron chi connectivity index (χ2n) is 8.21. The van der Waals surface area contributed by atoms with Crippen molar-refractivity contribution in [1.29, 1.82) is 0 Å². The zero-order valence-electron chi connectivity index (χ0n) is 15.8. The Bertz CT molecular complexity index is 984. The summed E-state index contributed by atoms with van der Waals surface area (Å²) < 4.78 is 46.6. The summed E-state index contributed by atoms with van der Waals surface area (Å²) in [7, 11) is -3.84. The Morgan fingerprint density at radius 2 is 1.90 bits per heavy atom. The molecule has 9 nitrogen and oxygen atoms in total. The molecule has 5 rings (SSSR count). The van der Waals surface area contributed by atoms with E-state index in [-0.39, 0.29) is 42.0 Å². The minimum absolute atomic E-state index is 0.0313. The molecule has 1 heterocycles. The predicted molar refractivity (Wildman–Crippen MR) is 104 cm³/mol. The van der Waals surface area contributed by atoms with Crippen LogP contribution in [-0.2, 0) is 24.3 Å². The molecular weight excluding hydrogens is 441 g/mol. The molecule has 1 aromatic carbocycles. The van der Waals surface area contributed by atoms with Crippen LogP contribution < -0.4 is 20.5 Å². The number of sulfonamides is 1. The fraction of sp³-hybridized carbons (Fsp3) is 0.556. The number of benzene rings is 1. The highest BCUT2D eigenvalue weighted by Crippen LogP contribution is 2.60. The number of hydrogen-bond donors (Lipinski definition) is 3. The molecule has 4 aliphatic rings. The van der Waals surface area contributed by atoms with Crippen LogP contribution in [0.25, 0.3) is 0 Å². The molecule has 2 bridgehead atoms. The normalized spacial score (nSPS) is 32.0. The number of halogens is 2. The monoisotopic (exact) mass is 461 g/mol. The van der Waals surface area contributed by atoms with E-state index in [1.54, 1.807) is 0 Å². The van der Waals surface area contributed by atoms with Gasteiger partial charge in [0, 0.05) is 17.1 Å². The number of amides is 2. The van der Waals surface area contributed by atoms with Crippen LogP contribution in [0.1, 0.15) is 32.1 Å². The Kier molecular flexibility index (Phi) is 5.20. The Morgan fingerprint density at radius 3 is 2.50 bits per heavy atom. The van der Waals surface area contributed by atoms with Crippen molar-refractivity contribution in [2.45, 2.75) is 54.7 Å². The molecule has 2 unspecified atom stereocenters. The highest BCUT2D eigenvalue weighted by atomic mass is 35.5. The summed E-state index contributed by atoms with van der Waals surface area (Å²) in [6, 6.07) is 3.92. The van der Waals surface area contributed by atoms with Crippen molar-refractivity contribution < 1.29 is 31.9 Å². The number of carbonyl (C=O) groups excluding carboxylic acids is 2. The molecular formula is C18H21ClFN3O6S. The molecule has 1 saturated heterocycles. The van der Waals surface area contributed by atoms with Gasteiger partial charge in [0.25, 0.3) is 5.91 Å². The second kappa shape index (κ2) is 7.33. The van der Waals surface area contributed by atoms with Gasteiger partial charge in [-0.25, -0.2) is 17.9 Å². The number of primary sulfonamides is 1. The van der Waals surface area contributed by atoms with Gasteiger partial charge >= 0.3 is 0 Å². The number of rotatable bonds is 7. The summed E-state index contributed by atoms with van der Waals surface area (Å²) in [6.45, 7) is -0.271. The third kappa shape index (κ3) is 4.11. The van der Waals surface area contributed by atoms with Crippen molar-refractivity contribution in [2.75, 3.05) is 6.61 Å². The molecule has 0 spiro atoms. The zero-order chi connectivity index (χ0) is 21.7. The minimum Gasteiger partial charge on any atom is -0.484 e. The van der Waals surface area contributed by atoms with Crippen molar-refractivity contribution in [1.82, 2.24) is 10.6 Å². The van der Waals surface area contributed by atoms with E-state index in [2.05, 4.69) is 10.6 Å². The van der Waals surface area contributed by atoms with Gasteiger partial charge in [-0.05, 0) is 44.2 Å². The third-order valence-electron chi connectivity index (χ3n) is 5.72. The molecule has 3 aliphatic carbocycles. The van der Waals surface area contributed by atoms with Gasteiger partial charge in [0.1, 0.15) is 17.7 Å². The van der Waals surface area contributed by atoms with Crippen LogP contribution in [0.4, 0.5) is 4.39 Å². The third-order valence-corrected chi connectivity index (χ3v) is 7.11. The maximum Gasteiger partial charge on any atom is 0.258 e. The quantitative estimate of drug-likeness (QED) is 0.542. The molecule has 2 atom stereocenters. The lowest BCUT2D eigenvalue weighted by Gasteiger charge is -2.70. The predicted octanol–water partition coefficient (Wildman–Crippen LogP) is 0.559. The first-order valence-corrected chi connectivity index (χ1v) is 11.4. The van der Waals surface area contributed by atoms with Gasteiger partial charge in [-0.1, -0.05) is 11.6 Å². The van der Waals surface area contributed by atoms with E-state index in [0.29, 0.717) is 19.3 Å². The van der Waals surface area contributed by atoms with E-state index < -0.39 is 38.5 Å². The maximum absolute atomic E-state index is 13.4. The van der Waals surface area contributed by atoms with Crippen LogP contribution in [0.2, 0.25) is 5.02 Å². The first kappa shape index (κ1) is 21.3. The van der Waals surface area contributed by atoms with Crippen LogP contribution in [0.5, 0.6) is 5.75 Å². The summed E-state index contributed by atoms with van der Waals surface area (Å²) in [5.41, 5.74) is -1.95. The van der Waals surface area contributed by atoms with Crippen molar-refractivity contribution in [3.63, 3.8) is 0 Å². The maximum atomic E-state index is 13.4. The molecule has 0 aromatic heterocycles. The summed E-state index contributed by atoms with van der Waals surface area (Å²) in [5.74, 6) is -1.15. The van der Waals surface area contributed by atoms with E-state index in [9.17, 15) is 22.4 Å². The Balaban J connectivity index is 1.20. The Hall–Kier alpha value is -1.95. The summed E-state index contributed by atoms with van der Waals surface area (Å²) in [4.78, 5) is 24.5. The van der Waals surface area contributed by atoms with Gasteiger partial charge in [-0.2, -0.15) is 0 Å². The summed E-state index contributed by atoms with van der Waals surface area (Å²) >= 11 is 5.60. The van der Waals surface area contributed by atoms with E-state index in [1.807, 2.05) is 0 Å². The SMILES string of the molecule is NS(=O)(=O)C1CCC(C(=O)NC23CC(NC(=O)COc4ccc(Cl)c(F)c4)(C2)C3)O1. The number of carbonyl (C=O) groups is 2. The molecule has 1 aliphatic heterocycles. The lowest BCUT2D eigenvalue weighted by molar-refractivity contribution is -0.155. The van der Waals surface area contributed by atoms with E-state index in [1.165, 1.54) is 12.1 Å². The minimum atomic E-state index is -3.84. The van der Waals surface area contributed by atoms with Crippen LogP contribution in [0.3, 0.4) is 0 Å². The molecule has 4 fully saturated rings. The van der Waals surface area contributed by atoms with Crippen molar-refractivity contribution >= 4 is 33.4 Å². The Morgan fingerprint density at radius 1 is 1.23 bits per heavy atom. The average molecular weight is 462 g/mol. The van der Waals surface area contributed by atoms with Crippen LogP contribution in [0, 0.1) is 5.82 Å². The van der Waals surface area contributed by atoms with Gasteiger partial charge < -0.3 is 20.1 Å². The lowest BCUT2D eigenvalue weighted by atomic mass is 9.44. The lowest BCUT2D eigenvalue weighted by Crippen LogP contribution is -2.84. The van der Waals surface area contributed by atoms with Crippen LogP contribution >= 0.6 is 11.6 Å². The molecule has 1 aromatic rings. The van der Waals surface area contributed by atoms with Crippen molar-refractivity contribution in [3.05, 3.63) is 29.0 Å². The van der Waals surface area contributed by atoms with Crippen LogP contribution in [-0.4, -0.2) is 49.5 Å². The van der Waals surface area contributed by atoms with E-state index in [4.69, 9.17) is 26.2 Å². The van der Waals surface area contributed by atoms with Gasteiger partial charge in [0.05, 0.1) is 5.02 Å². The molecule has 30 heavy (non-hydrogen) atoms. The smallest absolute Gasteiger partial charge is 0.258 e. The Labute approximate surface area is 177 Å². The van der Waals surface area contributed by atoms with Crippen LogP contribution in [0.15, 0.2) is 18.2 Å². The van der Waals surface area contributed by atoms with Gasteiger partial charge in [0.15, 0.2) is 12.0 Å². The molecule has 4 N–H and O–H groups in total. The number of nitrogens with one attached hydrogen (secondary N) is 2. The standard InChI is InChI=1S/C18H21ClFN3O6S/c19-11-2-1-10(5-12(11)20)28-6-14(24)22-17-7-18(8-17,9-17)23-16(25)13-3-4-15(29-13)30(21,26)27/h1-2,5,13,15H,3-4,6-9H2,(H,22,24)(H,23,25)(H2,21,26,27). The van der Waals surface area contributed by atoms with E-state index >= 15 is 0 Å². The second-order valence-corrected chi connectivity index (χ2v) is 10.3. The highest BCUT2D eigenvalue weighted by molar-refractivity contribution is 7.89. The topological polar surface area (TPSA) is 137 Å². The highest BCUT2D eigenvalue weighted by Gasteiger charge is 2.69. The fourth-order valence-electron chi connectivity index (χ4n) is 4.48. The number of ether oxygens (including phenoxy) is 2. The summed E-state index contributed by atoms with van der Waals surface area (Å²) in [6.07, 6.45) is 1.32. The average Bonchev–Trinajstić information content (AvgIpc) is 3.10. The molecule has 2 amide bonds. The zero-order valence-corrected chi connectivity index (χ0v) is 17.4. The number of hydrogen-bond acceptors (Lipinski definition) is 6. The van der Waals surface area contributed by atoms with Gasteiger partial charge in [0.2, 0.25) is 15.9 Å². The number of nitrogens with two attached hydrogens (primary N) is 1. The van der Waals surface area contributed by atoms with Gasteiger partial charge in [-0.15, -0.1) is 0 Å². The fourth-order valence-corrected chi connectivity index (χ4v) is 5.35. The van der Waals surface area contributed by atoms with E-state index in [0.717, 1.165) is 6.07 Å². The van der Waals surface area contributed by atoms with Gasteiger partial charge in [-0.3, -0.25) is 9.59 Å². The first-order valence-electron chi connectivity index (χ1n) is 9.37. The first-order chi connectivity index (χ1) is 14.0. The van der Waals surface area contributed by atoms with Crippen molar-refractivity contribution in [2.24, 2.45) is 5.14 Å². The molecule has 164 valence electrons. The molecule has 0 radical (unpaired) electrons. The molecule has 3 saturated carbocycles. The largest absolute Gasteiger partial charge is 0.484 e. The van der Waals surface area contributed by atoms with Crippen molar-refractivity contribution in [3.8, 4) is 5.75 Å².